The van der Waals surface area contributed by atoms with E-state index in [2.05, 4.69) is 10.6 Å². The topological polar surface area (TPSA) is 59.6 Å². The van der Waals surface area contributed by atoms with Crippen molar-refractivity contribution in [2.75, 3.05) is 19.8 Å². The SMILES string of the molecule is CCOCCOc1cccc(C(=O)NC(=S)NCc2ccc(C)cc2)c1. The Bertz CT molecular complexity index is 732. The van der Waals surface area contributed by atoms with Crippen LogP contribution in [0.4, 0.5) is 0 Å². The van der Waals surface area contributed by atoms with Gasteiger partial charge in [-0.25, -0.2) is 0 Å². The second kappa shape index (κ2) is 10.5. The summed E-state index contributed by atoms with van der Waals surface area (Å²) in [5.74, 6) is 0.345. The molecule has 2 rings (SSSR count). The van der Waals surface area contributed by atoms with Gasteiger partial charge in [-0.3, -0.25) is 10.1 Å². The molecule has 0 unspecified atom stereocenters. The van der Waals surface area contributed by atoms with Gasteiger partial charge in [-0.1, -0.05) is 35.9 Å². The first-order valence-corrected chi connectivity index (χ1v) is 8.94. The fourth-order valence-corrected chi connectivity index (χ4v) is 2.36. The first-order chi connectivity index (χ1) is 12.6. The molecule has 0 heterocycles. The van der Waals surface area contributed by atoms with Gasteiger partial charge in [-0.05, 0) is 49.8 Å². The molecule has 0 aliphatic carbocycles. The largest absolute Gasteiger partial charge is 0.491 e. The first kappa shape index (κ1) is 19.9. The molecule has 0 spiro atoms. The Morgan fingerprint density at radius 1 is 1.12 bits per heavy atom. The molecule has 2 N–H and O–H groups in total. The van der Waals surface area contributed by atoms with E-state index in [0.717, 1.165) is 5.56 Å². The number of carbonyl (C=O) groups excluding carboxylic acids is 1. The summed E-state index contributed by atoms with van der Waals surface area (Å²) in [6.07, 6.45) is 0. The summed E-state index contributed by atoms with van der Waals surface area (Å²) in [5, 5.41) is 6.01. The lowest BCUT2D eigenvalue weighted by atomic mass is 10.1. The summed E-state index contributed by atoms with van der Waals surface area (Å²) in [5.41, 5.74) is 2.78. The molecule has 1 amide bonds. The normalized spacial score (nSPS) is 10.2. The zero-order valence-corrected chi connectivity index (χ0v) is 15.9. The molecule has 0 saturated heterocycles. The molecule has 0 fully saturated rings. The summed E-state index contributed by atoms with van der Waals surface area (Å²) in [6, 6.07) is 15.1. The van der Waals surface area contributed by atoms with E-state index in [1.54, 1.807) is 24.3 Å². The van der Waals surface area contributed by atoms with Crippen molar-refractivity contribution >= 4 is 23.2 Å². The van der Waals surface area contributed by atoms with Crippen LogP contribution in [0.3, 0.4) is 0 Å². The van der Waals surface area contributed by atoms with E-state index in [-0.39, 0.29) is 5.91 Å². The molecule has 0 saturated carbocycles. The van der Waals surface area contributed by atoms with Crippen molar-refractivity contribution in [1.82, 2.24) is 10.6 Å². The molecular formula is C20H24N2O3S. The van der Waals surface area contributed by atoms with Crippen LogP contribution in [0.1, 0.15) is 28.4 Å². The van der Waals surface area contributed by atoms with E-state index in [0.29, 0.717) is 42.8 Å². The number of hydrogen-bond donors (Lipinski definition) is 2. The Morgan fingerprint density at radius 2 is 1.88 bits per heavy atom. The maximum atomic E-state index is 12.3. The van der Waals surface area contributed by atoms with Crippen molar-refractivity contribution in [2.45, 2.75) is 20.4 Å². The Kier molecular flexibility index (Phi) is 8.05. The lowest BCUT2D eigenvalue weighted by molar-refractivity contribution is 0.0975. The van der Waals surface area contributed by atoms with Gasteiger partial charge in [0.15, 0.2) is 5.11 Å². The maximum Gasteiger partial charge on any atom is 0.257 e. The minimum Gasteiger partial charge on any atom is -0.491 e. The van der Waals surface area contributed by atoms with Gasteiger partial charge >= 0.3 is 0 Å². The molecule has 0 aliphatic rings. The van der Waals surface area contributed by atoms with Gasteiger partial charge in [0, 0.05) is 18.7 Å². The lowest BCUT2D eigenvalue weighted by Crippen LogP contribution is -2.38. The zero-order chi connectivity index (χ0) is 18.8. The number of carbonyl (C=O) groups is 1. The smallest absolute Gasteiger partial charge is 0.257 e. The summed E-state index contributed by atoms with van der Waals surface area (Å²) in [7, 11) is 0. The lowest BCUT2D eigenvalue weighted by Gasteiger charge is -2.11. The number of aryl methyl sites for hydroxylation is 1. The highest BCUT2D eigenvalue weighted by atomic mass is 32.1. The minimum atomic E-state index is -0.276. The van der Waals surface area contributed by atoms with E-state index in [1.165, 1.54) is 5.56 Å². The molecule has 6 heteroatoms. The Balaban J connectivity index is 1.82. The number of benzene rings is 2. The van der Waals surface area contributed by atoms with Crippen molar-refractivity contribution in [3.05, 3.63) is 65.2 Å². The van der Waals surface area contributed by atoms with Crippen LogP contribution in [0.15, 0.2) is 48.5 Å². The fourth-order valence-electron chi connectivity index (χ4n) is 2.20. The highest BCUT2D eigenvalue weighted by Crippen LogP contribution is 2.13. The van der Waals surface area contributed by atoms with Crippen LogP contribution in [-0.4, -0.2) is 30.8 Å². The second-order valence-corrected chi connectivity index (χ2v) is 6.10. The minimum absolute atomic E-state index is 0.276. The average Bonchev–Trinajstić information content (AvgIpc) is 2.65. The quantitative estimate of drug-likeness (QED) is 0.550. The third-order valence-corrected chi connectivity index (χ3v) is 3.84. The molecule has 0 bridgehead atoms. The molecule has 0 radical (unpaired) electrons. The zero-order valence-electron chi connectivity index (χ0n) is 15.1. The van der Waals surface area contributed by atoms with E-state index < -0.39 is 0 Å². The number of hydrogen-bond acceptors (Lipinski definition) is 4. The predicted octanol–water partition coefficient (Wildman–Crippen LogP) is 3.21. The highest BCUT2D eigenvalue weighted by molar-refractivity contribution is 7.80. The molecule has 0 atom stereocenters. The first-order valence-electron chi connectivity index (χ1n) is 8.54. The number of amides is 1. The Labute approximate surface area is 159 Å². The standard InChI is InChI=1S/C20H24N2O3S/c1-3-24-11-12-25-18-6-4-5-17(13-18)19(23)22-20(26)21-14-16-9-7-15(2)8-10-16/h4-10,13H,3,11-12,14H2,1-2H3,(H2,21,22,23,26). The summed E-state index contributed by atoms with van der Waals surface area (Å²) in [4.78, 5) is 12.3. The molecule has 2 aromatic rings. The van der Waals surface area contributed by atoms with Gasteiger partial charge in [-0.2, -0.15) is 0 Å². The number of nitrogens with one attached hydrogen (secondary N) is 2. The van der Waals surface area contributed by atoms with Crippen LogP contribution >= 0.6 is 12.2 Å². The van der Waals surface area contributed by atoms with Gasteiger partial charge in [-0.15, -0.1) is 0 Å². The second-order valence-electron chi connectivity index (χ2n) is 5.70. The van der Waals surface area contributed by atoms with Crippen molar-refractivity contribution < 1.29 is 14.3 Å². The Morgan fingerprint density at radius 3 is 2.62 bits per heavy atom. The van der Waals surface area contributed by atoms with Gasteiger partial charge in [0.25, 0.3) is 5.91 Å². The summed E-state index contributed by atoms with van der Waals surface area (Å²) >= 11 is 5.20. The summed E-state index contributed by atoms with van der Waals surface area (Å²) in [6.45, 7) is 6.13. The average molecular weight is 372 g/mol. The van der Waals surface area contributed by atoms with E-state index in [1.807, 2.05) is 38.1 Å². The maximum absolute atomic E-state index is 12.3. The molecule has 0 aliphatic heterocycles. The van der Waals surface area contributed by atoms with Crippen molar-refractivity contribution in [1.29, 1.82) is 0 Å². The molecule has 0 aromatic heterocycles. The van der Waals surface area contributed by atoms with Crippen molar-refractivity contribution in [2.24, 2.45) is 0 Å². The highest BCUT2D eigenvalue weighted by Gasteiger charge is 2.09. The van der Waals surface area contributed by atoms with Gasteiger partial charge < -0.3 is 14.8 Å². The number of rotatable bonds is 8. The van der Waals surface area contributed by atoms with Crippen molar-refractivity contribution in [3.8, 4) is 5.75 Å². The van der Waals surface area contributed by atoms with Crippen LogP contribution in [0.5, 0.6) is 5.75 Å². The third kappa shape index (κ3) is 6.82. The van der Waals surface area contributed by atoms with Gasteiger partial charge in [0.2, 0.25) is 0 Å². The predicted molar refractivity (Wildman–Crippen MR) is 107 cm³/mol. The number of thiocarbonyl (C=S) groups is 1. The van der Waals surface area contributed by atoms with Crippen LogP contribution in [0.25, 0.3) is 0 Å². The van der Waals surface area contributed by atoms with Gasteiger partial charge in [0.1, 0.15) is 12.4 Å². The molecular weight excluding hydrogens is 348 g/mol. The van der Waals surface area contributed by atoms with Crippen molar-refractivity contribution in [3.63, 3.8) is 0 Å². The van der Waals surface area contributed by atoms with Crippen LogP contribution in [-0.2, 0) is 11.3 Å². The fraction of sp³-hybridized carbons (Fsp3) is 0.300. The molecule has 138 valence electrons. The number of ether oxygens (including phenoxy) is 2. The molecule has 26 heavy (non-hydrogen) atoms. The molecule has 5 nitrogen and oxygen atoms in total. The van der Waals surface area contributed by atoms with Crippen LogP contribution in [0.2, 0.25) is 0 Å². The van der Waals surface area contributed by atoms with E-state index in [4.69, 9.17) is 21.7 Å². The van der Waals surface area contributed by atoms with Gasteiger partial charge in [0.05, 0.1) is 6.61 Å². The van der Waals surface area contributed by atoms with Crippen LogP contribution in [0, 0.1) is 6.92 Å². The monoisotopic (exact) mass is 372 g/mol. The third-order valence-electron chi connectivity index (χ3n) is 3.60. The Hall–Kier alpha value is -2.44. The van der Waals surface area contributed by atoms with E-state index >= 15 is 0 Å². The molecule has 2 aromatic carbocycles. The summed E-state index contributed by atoms with van der Waals surface area (Å²) < 4.78 is 10.8. The van der Waals surface area contributed by atoms with Crippen LogP contribution < -0.4 is 15.4 Å². The van der Waals surface area contributed by atoms with E-state index in [9.17, 15) is 4.79 Å².